The van der Waals surface area contributed by atoms with Crippen LogP contribution in [-0.2, 0) is 28.4 Å². The number of nitrogens with zero attached hydrogens (tertiary/aromatic N) is 28. The predicted octanol–water partition coefficient (Wildman–Crippen LogP) is -3.23. The van der Waals surface area contributed by atoms with Crippen LogP contribution in [0.4, 0.5) is 24.5 Å². The Morgan fingerprint density at radius 2 is 0.620 bits per heavy atom. The van der Waals surface area contributed by atoms with Crippen LogP contribution in [0.25, 0.3) is 67.0 Å². The number of anilines is 2. The highest BCUT2D eigenvalue weighted by Crippen LogP contribution is 2.50. The topological polar surface area (TPSA) is 942 Å². The maximum atomic E-state index is 13.5. The van der Waals surface area contributed by atoms with Gasteiger partial charge in [-0.2, -0.15) is 0 Å². The predicted molar refractivity (Wildman–Crippen MR) is 446 cm³/mol. The number of alkyl halides is 3. The third-order valence-electron chi connectivity index (χ3n) is 23.8. The van der Waals surface area contributed by atoms with Crippen molar-refractivity contribution in [2.24, 2.45) is 66.2 Å². The molecule has 12 aromatic heterocycles. The van der Waals surface area contributed by atoms with E-state index in [9.17, 15) is 93.6 Å². The number of nitrogens with two attached hydrogens (primary N) is 2. The molecule has 18 heterocycles. The molecular weight excluding hydrogens is 1830 g/mol. The van der Waals surface area contributed by atoms with Crippen molar-refractivity contribution in [1.82, 2.24) is 127 Å². The fraction of sp³-hybridized carbons (Fsp3) is 0.528. The molecule has 0 amide bonds. The van der Waals surface area contributed by atoms with Gasteiger partial charge in [-0.05, 0) is 26.0 Å². The van der Waals surface area contributed by atoms with E-state index in [1.165, 1.54) is 87.0 Å². The number of H-pyrrole nitrogens is 4. The molecule has 24 atom stereocenters. The molecular formula is C72H91F3N40O22+6. The summed E-state index contributed by atoms with van der Waals surface area (Å²) in [6.45, 7) is 1.23. The first kappa shape index (κ1) is 99.8. The smallest absolute Gasteiger partial charge is 0.293 e. The Morgan fingerprint density at radius 3 is 0.927 bits per heavy atom. The van der Waals surface area contributed by atoms with Crippen molar-refractivity contribution in [1.29, 1.82) is 33.2 Å². The summed E-state index contributed by atoms with van der Waals surface area (Å²) in [6.07, 6.45) is 0.601. The highest BCUT2D eigenvalue weighted by Gasteiger charge is 2.65. The van der Waals surface area contributed by atoms with Crippen LogP contribution in [0.15, 0.2) is 137 Å². The number of aromatic amines is 4. The maximum Gasteiger partial charge on any atom is 0.293 e. The zero-order valence-electron chi connectivity index (χ0n) is 72.1. The number of aromatic nitrogens is 20. The number of hydrogen-bond acceptors (Lipinski definition) is 46. The average Bonchev–Trinajstić information content (AvgIpc) is 1.59. The van der Waals surface area contributed by atoms with E-state index in [0.717, 1.165) is 0 Å². The van der Waals surface area contributed by atoms with E-state index in [0.29, 0.717) is 56.6 Å². The van der Waals surface area contributed by atoms with E-state index in [4.69, 9.17) is 73.1 Å². The normalized spacial score (nSPS) is 30.6. The SMILES string of the molecule is C[C@@H]1[C@H](n2cnc3c(=O)cc[nH]c32)O[C@@](CO)(N=[N+]=N)[C@H]1O.C[C@@H]1[C@H](n2cnc3c(N)ccnc32)O[C@@](CO)(N=[N+]=N)[C@H]1O.Cc1nc2c(ncn2[C@@H]2O[C@@](CO)(N=[N+]=N)[C@@H](O)[C@@H]2C)c(=O)[nH]1.Cc1nc2c(ncn2[C@@H]2O[C@@](CO)(N=[N+]=N)[C@@H](O)[C@@H]2CF)c(=O)[nH]1.N=[N+]=N[C@]1(CO)O[C@@H](n2cnc3c(=O)cc[nH]c32)[C@@H](CF)[C@@H]1O.N=[N+]=N[C@]1(CO)O[C@@H](n2cnc3c(N)ccnc32)[C@@H](CF)[C@@H]1O. The summed E-state index contributed by atoms with van der Waals surface area (Å²) in [6, 6.07) is 5.87. The molecule has 137 heavy (non-hydrogen) atoms. The van der Waals surface area contributed by atoms with Crippen LogP contribution in [0.2, 0.25) is 0 Å². The third-order valence-corrected chi connectivity index (χ3v) is 23.8. The number of imidazole rings is 6. The number of nitrogens with one attached hydrogen (secondary N) is 10. The summed E-state index contributed by atoms with van der Waals surface area (Å²) in [5, 5.41) is 140. The molecule has 26 N–H and O–H groups in total. The number of pyridine rings is 4. The fourth-order valence-electron chi connectivity index (χ4n) is 16.6. The fourth-order valence-corrected chi connectivity index (χ4v) is 16.6. The van der Waals surface area contributed by atoms with Gasteiger partial charge in [0.15, 0.2) is 75.3 Å². The van der Waals surface area contributed by atoms with Gasteiger partial charge in [-0.1, -0.05) is 20.8 Å². The number of rotatable bonds is 21. The van der Waals surface area contributed by atoms with Crippen LogP contribution in [0.1, 0.15) is 69.8 Å². The first-order valence-electron chi connectivity index (χ1n) is 40.7. The van der Waals surface area contributed by atoms with E-state index in [-0.39, 0.29) is 49.8 Å². The van der Waals surface area contributed by atoms with Crippen LogP contribution in [0, 0.1) is 82.5 Å². The maximum absolute atomic E-state index is 13.5. The van der Waals surface area contributed by atoms with Crippen LogP contribution < -0.4 is 62.9 Å². The number of fused-ring (bicyclic) bond motifs is 6. The Bertz CT molecular complexity index is 7020. The summed E-state index contributed by atoms with van der Waals surface area (Å²) >= 11 is 0. The van der Waals surface area contributed by atoms with Crippen molar-refractivity contribution >= 4 is 78.4 Å². The minimum absolute atomic E-state index is 0.0277. The van der Waals surface area contributed by atoms with Gasteiger partial charge in [-0.15, -0.1) is 0 Å². The number of aliphatic hydroxyl groups excluding tert-OH is 12. The first-order chi connectivity index (χ1) is 65.6. The number of aryl methyl sites for hydroxylation is 2. The van der Waals surface area contributed by atoms with Gasteiger partial charge >= 0.3 is 0 Å². The Labute approximate surface area is 758 Å². The zero-order chi connectivity index (χ0) is 99.3. The molecule has 0 aliphatic carbocycles. The minimum Gasteiger partial charge on any atom is -0.397 e. The Balaban J connectivity index is 0.000000139. The Hall–Kier alpha value is -14.7. The van der Waals surface area contributed by atoms with Crippen molar-refractivity contribution in [3.63, 3.8) is 0 Å². The molecule has 0 bridgehead atoms. The zero-order valence-corrected chi connectivity index (χ0v) is 72.1. The van der Waals surface area contributed by atoms with Crippen LogP contribution in [-0.4, -0.2) is 289 Å². The molecule has 0 spiro atoms. The molecule has 0 unspecified atom stereocenters. The lowest BCUT2D eigenvalue weighted by molar-refractivity contribution is -0.126. The number of nitrogen functional groups attached to an aromatic ring is 2. The second kappa shape index (κ2) is 40.5. The molecule has 6 fully saturated rings. The van der Waals surface area contributed by atoms with Gasteiger partial charge in [-0.25, -0.2) is 49.8 Å². The molecule has 0 saturated carbocycles. The van der Waals surface area contributed by atoms with Crippen molar-refractivity contribution in [2.75, 3.05) is 71.1 Å². The van der Waals surface area contributed by atoms with Crippen LogP contribution >= 0.6 is 0 Å². The Kier molecular flexibility index (Phi) is 29.5. The van der Waals surface area contributed by atoms with Crippen molar-refractivity contribution in [2.45, 2.75) is 143 Å². The molecule has 0 aromatic carbocycles. The third kappa shape index (κ3) is 17.6. The lowest BCUT2D eigenvalue weighted by atomic mass is 9.97. The van der Waals surface area contributed by atoms with E-state index >= 15 is 0 Å². The van der Waals surface area contributed by atoms with E-state index < -0.39 is 209 Å². The summed E-state index contributed by atoms with van der Waals surface area (Å²) < 4.78 is 82.9. The van der Waals surface area contributed by atoms with Crippen molar-refractivity contribution in [3.05, 3.63) is 140 Å². The van der Waals surface area contributed by atoms with Gasteiger partial charge in [0, 0.05) is 54.7 Å². The first-order valence-corrected chi connectivity index (χ1v) is 40.7. The number of aliphatic hydroxyl groups is 12. The van der Waals surface area contributed by atoms with Gasteiger partial charge in [0.2, 0.25) is 40.3 Å². The van der Waals surface area contributed by atoms with E-state index in [2.05, 4.69) is 130 Å². The molecule has 62 nitrogen and oxygen atoms in total. The van der Waals surface area contributed by atoms with Gasteiger partial charge in [-0.3, -0.25) is 59.8 Å². The van der Waals surface area contributed by atoms with Crippen molar-refractivity contribution in [3.8, 4) is 0 Å². The standard InChI is InChI=1S/C12H14FN7O4.C12H15FN7O3.C12H13FN6O4.C12H15N7O4.C12H16N7O3.C12H14N6O4/c1-5-16-9-7(10(23)17-5)15-4-20(9)11-6(2-13)8(22)12(3-21,24-11)18-19-14;13-3-6-9(22)12(4-21,18-19-15)23-11(6)20-5-17-8-7(14)1-2-16-10(8)20;13-3-6-9(22)12(4-20,17-18-14)23-11(6)19-5-16-8-7(21)1-2-15-10(8)19;1-5-8(21)12(3-20,17-18-13)23-11(5)19-4-14-7-9(19)15-6(2)16-10(7)22;1-6-9(21)12(4-20,17-18-14)22-11(6)19-5-16-8-7(13)2-3-15-10(8)19;1-6-9(21)12(4-19,16-17-13)22-11(6)18-5-15-8-7(20)2-3-14-10(8)18/h4,6,8,11,14,21-22H,2-3H2,1H3;1-2,5-6,9,11,15,21-22H,3-4H2,(H2,14,16);1-2,5-6,9,11,14,20,22H,3-4H2;4-5,8,11,13,20-21H,3H2,1-2H3;2-3,5-6,9,11,14,20-21H,4H2,1H3,(H2,13,15);2-3,5-6,9,11,13,19,21H,4H2,1H3/q;+1;;;+1;/p+4/t6-,8-,11+,12+;2*6-,9-,11+,12+;5-,8-,11+,12+;2*6-,9-,11+,12+/m000000/s1. The molecule has 726 valence electrons. The average molecular weight is 1930 g/mol. The summed E-state index contributed by atoms with van der Waals surface area (Å²) in [5.74, 6) is -3.94. The van der Waals surface area contributed by atoms with Gasteiger partial charge in [0.05, 0.1) is 87.1 Å². The molecule has 6 aliphatic rings. The summed E-state index contributed by atoms with van der Waals surface area (Å²) in [4.78, 5) is 116. The molecule has 12 aromatic rings. The molecule has 0 radical (unpaired) electrons. The van der Waals surface area contributed by atoms with Crippen LogP contribution in [0.3, 0.4) is 0 Å². The molecule has 6 saturated heterocycles. The largest absolute Gasteiger partial charge is 0.397 e. The van der Waals surface area contributed by atoms with Crippen LogP contribution in [0.5, 0.6) is 0 Å². The highest BCUT2D eigenvalue weighted by atomic mass is 19.1. The monoisotopic (exact) mass is 1920 g/mol. The van der Waals surface area contributed by atoms with Gasteiger partial charge in [0.25, 0.3) is 45.5 Å². The highest BCUT2D eigenvalue weighted by molar-refractivity contribution is 5.84. The molecule has 18 rings (SSSR count). The summed E-state index contributed by atoms with van der Waals surface area (Å²) in [7, 11) is 0. The summed E-state index contributed by atoms with van der Waals surface area (Å²) in [5.41, 5.74) is 44.7. The quantitative estimate of drug-likeness (QED) is 0.0248. The Morgan fingerprint density at radius 1 is 0.372 bits per heavy atom. The lowest BCUT2D eigenvalue weighted by Crippen LogP contribution is -2.43. The second-order valence-electron chi connectivity index (χ2n) is 31.8. The number of ether oxygens (including phenoxy) is 6. The lowest BCUT2D eigenvalue weighted by Gasteiger charge is -2.18. The second-order valence-corrected chi connectivity index (χ2v) is 31.8. The minimum atomic E-state index is -1.96. The number of halogens is 3. The molecule has 65 heteroatoms. The number of hydrogen-bond donors (Lipinski definition) is 24. The van der Waals surface area contributed by atoms with Crippen molar-refractivity contribution < 1.29 is 103 Å². The van der Waals surface area contributed by atoms with Gasteiger partial charge < -0.3 is 121 Å². The van der Waals surface area contributed by atoms with E-state index in [1.54, 1.807) is 62.1 Å². The van der Waals surface area contributed by atoms with Gasteiger partial charge in [0.1, 0.15) is 181 Å². The molecule has 6 aliphatic heterocycles. The van der Waals surface area contributed by atoms with E-state index in [1.807, 2.05) is 0 Å².